The Labute approximate surface area is 329 Å². The minimum Gasteiger partial charge on any atom is -0.462 e. The molecule has 1 aliphatic rings. The molecule has 13 nitrogen and oxygen atoms in total. The molecule has 1 fully saturated rings. The standard InChI is InChI=1S/C41H73O13P/c1-3-5-7-9-11-13-15-17-19-21-23-25-27-29-34(42)51-31-33(32-52-55(49,50)54-41-39(47)37(45)36(44)38(46)40(41)48)53-35(43)30-28-26-24-22-20-18-16-14-12-10-8-6-4-2/h6,8,12,14,18,20,33,36-41,44-48H,3-5,7,9-11,13,15-17,19,21-32H2,1-2H3,(H,49,50)/b8-6-,14-12-,20-18-. The third-order valence-electron chi connectivity index (χ3n) is 9.50. The predicted molar refractivity (Wildman–Crippen MR) is 212 cm³/mol. The first-order chi connectivity index (χ1) is 26.4. The van der Waals surface area contributed by atoms with Crippen LogP contribution in [-0.4, -0.2) is 98.3 Å². The van der Waals surface area contributed by atoms with Crippen LogP contribution in [0.25, 0.3) is 0 Å². The van der Waals surface area contributed by atoms with Crippen molar-refractivity contribution in [3.05, 3.63) is 36.5 Å². The number of phosphoric acid groups is 1. The van der Waals surface area contributed by atoms with Crippen LogP contribution < -0.4 is 0 Å². The van der Waals surface area contributed by atoms with E-state index in [2.05, 4.69) is 50.3 Å². The van der Waals surface area contributed by atoms with Gasteiger partial charge in [-0.05, 0) is 44.9 Å². The van der Waals surface area contributed by atoms with Crippen LogP contribution in [-0.2, 0) is 32.7 Å². The van der Waals surface area contributed by atoms with Crippen LogP contribution in [0.15, 0.2) is 36.5 Å². The number of rotatable bonds is 33. The van der Waals surface area contributed by atoms with Crippen LogP contribution in [0.1, 0.15) is 155 Å². The summed E-state index contributed by atoms with van der Waals surface area (Å²) in [4.78, 5) is 35.5. The van der Waals surface area contributed by atoms with Gasteiger partial charge in [0.1, 0.15) is 43.2 Å². The number of allylic oxidation sites excluding steroid dienone is 6. The van der Waals surface area contributed by atoms with Crippen molar-refractivity contribution in [3.8, 4) is 0 Å². The molecule has 0 aromatic heterocycles. The highest BCUT2D eigenvalue weighted by Crippen LogP contribution is 2.47. The van der Waals surface area contributed by atoms with Crippen molar-refractivity contribution in [2.45, 2.75) is 198 Å². The maximum absolute atomic E-state index is 12.8. The highest BCUT2D eigenvalue weighted by Gasteiger charge is 2.51. The highest BCUT2D eigenvalue weighted by molar-refractivity contribution is 7.47. The molecule has 55 heavy (non-hydrogen) atoms. The normalized spacial score (nSPS) is 23.4. The monoisotopic (exact) mass is 804 g/mol. The molecule has 0 amide bonds. The van der Waals surface area contributed by atoms with E-state index in [1.54, 1.807) is 0 Å². The second-order valence-electron chi connectivity index (χ2n) is 14.5. The van der Waals surface area contributed by atoms with Gasteiger partial charge in [-0.15, -0.1) is 0 Å². The molecule has 0 radical (unpaired) electrons. The number of ether oxygens (including phenoxy) is 2. The number of hydrogen-bond acceptors (Lipinski definition) is 12. The van der Waals surface area contributed by atoms with Gasteiger partial charge in [-0.2, -0.15) is 0 Å². The molecule has 0 aromatic rings. The molecule has 6 unspecified atom stereocenters. The van der Waals surface area contributed by atoms with Gasteiger partial charge in [0.2, 0.25) is 0 Å². The summed E-state index contributed by atoms with van der Waals surface area (Å²) < 4.78 is 33.4. The molecule has 0 aromatic carbocycles. The Morgan fingerprint density at radius 3 is 1.58 bits per heavy atom. The number of carbonyl (C=O) groups is 2. The number of aliphatic hydroxyl groups excluding tert-OH is 5. The molecule has 14 heteroatoms. The minimum atomic E-state index is -5.12. The molecule has 1 rings (SSSR count). The summed E-state index contributed by atoms with van der Waals surface area (Å²) in [6, 6.07) is 0. The molecular formula is C41H73O13P. The van der Waals surface area contributed by atoms with E-state index in [1.807, 2.05) is 0 Å². The van der Waals surface area contributed by atoms with E-state index in [-0.39, 0.29) is 12.8 Å². The van der Waals surface area contributed by atoms with Crippen LogP contribution in [0.2, 0.25) is 0 Å². The second kappa shape index (κ2) is 32.1. The molecule has 0 aliphatic heterocycles. The Hall–Kier alpha value is -1.93. The van der Waals surface area contributed by atoms with Crippen molar-refractivity contribution in [2.24, 2.45) is 0 Å². The van der Waals surface area contributed by atoms with Crippen LogP contribution >= 0.6 is 7.82 Å². The van der Waals surface area contributed by atoms with E-state index >= 15 is 0 Å². The molecule has 320 valence electrons. The summed E-state index contributed by atoms with van der Waals surface area (Å²) in [5.41, 5.74) is 0. The Bertz CT molecular complexity index is 1110. The fraction of sp³-hybridized carbons (Fsp3) is 0.805. The summed E-state index contributed by atoms with van der Waals surface area (Å²) >= 11 is 0. The lowest BCUT2D eigenvalue weighted by Crippen LogP contribution is -2.64. The van der Waals surface area contributed by atoms with Gasteiger partial charge in [-0.25, -0.2) is 4.57 Å². The Kier molecular flexibility index (Phi) is 29.8. The summed E-state index contributed by atoms with van der Waals surface area (Å²) in [6.07, 6.45) is 20.7. The number of phosphoric ester groups is 1. The first-order valence-corrected chi connectivity index (χ1v) is 22.3. The predicted octanol–water partition coefficient (Wildman–Crippen LogP) is 7.05. The summed E-state index contributed by atoms with van der Waals surface area (Å²) in [7, 11) is -5.12. The van der Waals surface area contributed by atoms with Crippen LogP contribution in [0, 0.1) is 0 Å². The highest BCUT2D eigenvalue weighted by atomic mass is 31.2. The molecule has 0 bridgehead atoms. The molecule has 1 aliphatic carbocycles. The number of carbonyl (C=O) groups excluding carboxylic acids is 2. The van der Waals surface area contributed by atoms with E-state index < -0.39 is 75.7 Å². The molecular weight excluding hydrogens is 731 g/mol. The number of hydrogen-bond donors (Lipinski definition) is 6. The van der Waals surface area contributed by atoms with Crippen molar-refractivity contribution < 1.29 is 63.1 Å². The van der Waals surface area contributed by atoms with E-state index in [4.69, 9.17) is 18.5 Å². The fourth-order valence-electron chi connectivity index (χ4n) is 6.12. The molecule has 0 spiro atoms. The van der Waals surface area contributed by atoms with E-state index in [0.717, 1.165) is 57.8 Å². The van der Waals surface area contributed by atoms with Crippen molar-refractivity contribution in [1.29, 1.82) is 0 Å². The lowest BCUT2D eigenvalue weighted by molar-refractivity contribution is -0.220. The Morgan fingerprint density at radius 1 is 0.582 bits per heavy atom. The van der Waals surface area contributed by atoms with Crippen molar-refractivity contribution in [2.75, 3.05) is 13.2 Å². The zero-order valence-corrected chi connectivity index (χ0v) is 34.4. The quantitative estimate of drug-likeness (QED) is 0.0170. The van der Waals surface area contributed by atoms with Gasteiger partial charge < -0.3 is 39.9 Å². The summed E-state index contributed by atoms with van der Waals surface area (Å²) in [5, 5.41) is 50.0. The van der Waals surface area contributed by atoms with Crippen LogP contribution in [0.3, 0.4) is 0 Å². The van der Waals surface area contributed by atoms with E-state index in [9.17, 15) is 44.6 Å². The van der Waals surface area contributed by atoms with Gasteiger partial charge in [-0.3, -0.25) is 18.6 Å². The van der Waals surface area contributed by atoms with E-state index in [1.165, 1.54) is 57.8 Å². The summed E-state index contributed by atoms with van der Waals surface area (Å²) in [6.45, 7) is 3.13. The zero-order valence-electron chi connectivity index (χ0n) is 33.5. The number of unbranched alkanes of at least 4 members (excludes halogenated alkanes) is 15. The molecule has 0 saturated heterocycles. The van der Waals surface area contributed by atoms with Crippen molar-refractivity contribution >= 4 is 19.8 Å². The smallest absolute Gasteiger partial charge is 0.462 e. The molecule has 0 heterocycles. The van der Waals surface area contributed by atoms with Gasteiger partial charge >= 0.3 is 19.8 Å². The Morgan fingerprint density at radius 2 is 1.04 bits per heavy atom. The third-order valence-corrected chi connectivity index (χ3v) is 10.5. The van der Waals surface area contributed by atoms with Crippen molar-refractivity contribution in [1.82, 2.24) is 0 Å². The largest absolute Gasteiger partial charge is 0.472 e. The number of aliphatic hydroxyl groups is 5. The lowest BCUT2D eigenvalue weighted by Gasteiger charge is -2.41. The minimum absolute atomic E-state index is 0.0625. The zero-order chi connectivity index (χ0) is 40.7. The van der Waals surface area contributed by atoms with Gasteiger partial charge in [0.25, 0.3) is 0 Å². The fourth-order valence-corrected chi connectivity index (χ4v) is 7.10. The molecule has 1 saturated carbocycles. The third kappa shape index (κ3) is 25.1. The second-order valence-corrected chi connectivity index (χ2v) is 15.9. The maximum atomic E-state index is 12.8. The SMILES string of the molecule is CC/C=C\C/C=C\C/C=C\CCCCCC(=O)OC(COC(=O)CCCCCCCCCCCCCCC)COP(=O)(O)OC1C(O)C(O)C(O)C(O)C1O. The average molecular weight is 805 g/mol. The van der Waals surface area contributed by atoms with Crippen LogP contribution in [0.5, 0.6) is 0 Å². The number of esters is 2. The lowest BCUT2D eigenvalue weighted by atomic mass is 9.85. The van der Waals surface area contributed by atoms with E-state index in [0.29, 0.717) is 12.8 Å². The first kappa shape index (κ1) is 51.1. The van der Waals surface area contributed by atoms with Gasteiger partial charge in [-0.1, -0.05) is 134 Å². The van der Waals surface area contributed by atoms with Gasteiger partial charge in [0.15, 0.2) is 6.10 Å². The first-order valence-electron chi connectivity index (χ1n) is 20.8. The topological polar surface area (TPSA) is 210 Å². The molecule has 6 atom stereocenters. The van der Waals surface area contributed by atoms with Crippen molar-refractivity contribution in [3.63, 3.8) is 0 Å². The maximum Gasteiger partial charge on any atom is 0.472 e. The Balaban J connectivity index is 2.53. The van der Waals surface area contributed by atoms with Crippen LogP contribution in [0.4, 0.5) is 0 Å². The summed E-state index contributed by atoms with van der Waals surface area (Å²) in [5.74, 6) is -1.13. The molecule has 6 N–H and O–H groups in total. The van der Waals surface area contributed by atoms with Gasteiger partial charge in [0.05, 0.1) is 6.61 Å². The van der Waals surface area contributed by atoms with Gasteiger partial charge in [0, 0.05) is 12.8 Å². The average Bonchev–Trinajstić information content (AvgIpc) is 3.16.